The number of nitrogens with one attached hydrogen (secondary N) is 1. The third-order valence-electron chi connectivity index (χ3n) is 6.98. The number of carbonyl (C=O) groups excluding carboxylic acids is 2. The molecular formula is C28H25N3O3. The Morgan fingerprint density at radius 2 is 1.79 bits per heavy atom. The summed E-state index contributed by atoms with van der Waals surface area (Å²) in [6.45, 7) is 1.57. The van der Waals surface area contributed by atoms with Crippen molar-refractivity contribution in [2.75, 3.05) is 13.1 Å². The van der Waals surface area contributed by atoms with Gasteiger partial charge in [0, 0.05) is 48.7 Å². The number of fused-ring (bicyclic) bond motifs is 2. The van der Waals surface area contributed by atoms with E-state index >= 15 is 0 Å². The number of carbonyl (C=O) groups is 2. The molecule has 6 heteroatoms. The van der Waals surface area contributed by atoms with Gasteiger partial charge >= 0.3 is 0 Å². The van der Waals surface area contributed by atoms with Gasteiger partial charge in [0.2, 0.25) is 5.91 Å². The van der Waals surface area contributed by atoms with E-state index in [0.29, 0.717) is 26.1 Å². The minimum Gasteiger partial charge on any atom is -0.459 e. The van der Waals surface area contributed by atoms with Crippen molar-refractivity contribution in [1.29, 1.82) is 0 Å². The predicted molar refractivity (Wildman–Crippen MR) is 130 cm³/mol. The molecule has 1 unspecified atom stereocenters. The molecule has 1 N–H and O–H groups in total. The van der Waals surface area contributed by atoms with Gasteiger partial charge in [0.25, 0.3) is 5.91 Å². The SMILES string of the molecule is O=C(C1Cc2ccccc2CN1C(=O)c1ccco1)N1CC=C(c2c[nH]c3ccccc23)CC1. The lowest BCUT2D eigenvalue weighted by atomic mass is 9.92. The molecule has 0 radical (unpaired) electrons. The van der Waals surface area contributed by atoms with Gasteiger partial charge in [0.1, 0.15) is 6.04 Å². The van der Waals surface area contributed by atoms with Crippen molar-refractivity contribution >= 4 is 28.3 Å². The van der Waals surface area contributed by atoms with Crippen LogP contribution in [0.15, 0.2) is 83.6 Å². The van der Waals surface area contributed by atoms with E-state index in [1.54, 1.807) is 17.0 Å². The molecule has 170 valence electrons. The van der Waals surface area contributed by atoms with Crippen LogP contribution in [-0.4, -0.2) is 45.7 Å². The quantitative estimate of drug-likeness (QED) is 0.493. The molecule has 0 spiro atoms. The third-order valence-corrected chi connectivity index (χ3v) is 6.98. The number of aromatic amines is 1. The van der Waals surface area contributed by atoms with Crippen LogP contribution in [0, 0.1) is 0 Å². The van der Waals surface area contributed by atoms with Gasteiger partial charge in [-0.1, -0.05) is 48.5 Å². The zero-order valence-electron chi connectivity index (χ0n) is 18.7. The lowest BCUT2D eigenvalue weighted by molar-refractivity contribution is -0.136. The van der Waals surface area contributed by atoms with Crippen LogP contribution >= 0.6 is 0 Å². The second kappa shape index (κ2) is 8.37. The highest BCUT2D eigenvalue weighted by molar-refractivity contribution is 5.97. The van der Waals surface area contributed by atoms with Crippen molar-refractivity contribution in [3.63, 3.8) is 0 Å². The van der Waals surface area contributed by atoms with E-state index in [4.69, 9.17) is 4.42 Å². The van der Waals surface area contributed by atoms with E-state index in [2.05, 4.69) is 35.5 Å². The Hall–Kier alpha value is -4.06. The van der Waals surface area contributed by atoms with Crippen molar-refractivity contribution in [3.8, 4) is 0 Å². The fraction of sp³-hybridized carbons (Fsp3) is 0.214. The Balaban J connectivity index is 1.26. The Labute approximate surface area is 197 Å². The first kappa shape index (κ1) is 20.5. The van der Waals surface area contributed by atoms with Crippen LogP contribution in [0.5, 0.6) is 0 Å². The number of furan rings is 1. The number of amides is 2. The number of hydrogen-bond donors (Lipinski definition) is 1. The largest absolute Gasteiger partial charge is 0.459 e. The summed E-state index contributed by atoms with van der Waals surface area (Å²) in [4.78, 5) is 33.8. The molecule has 0 aliphatic carbocycles. The second-order valence-corrected chi connectivity index (χ2v) is 8.91. The minimum atomic E-state index is -0.546. The zero-order valence-corrected chi connectivity index (χ0v) is 18.7. The first-order valence-electron chi connectivity index (χ1n) is 11.6. The van der Waals surface area contributed by atoms with Gasteiger partial charge < -0.3 is 19.2 Å². The van der Waals surface area contributed by atoms with Crippen molar-refractivity contribution in [2.24, 2.45) is 0 Å². The maximum absolute atomic E-state index is 13.7. The second-order valence-electron chi connectivity index (χ2n) is 8.91. The maximum atomic E-state index is 13.7. The summed E-state index contributed by atoms with van der Waals surface area (Å²) in [6.07, 6.45) is 6.98. The normalized spacial score (nSPS) is 18.0. The molecule has 0 bridgehead atoms. The Bertz CT molecular complexity index is 1400. The average Bonchev–Trinajstić information content (AvgIpc) is 3.58. The molecule has 4 aromatic rings. The summed E-state index contributed by atoms with van der Waals surface area (Å²) in [5, 5.41) is 1.20. The summed E-state index contributed by atoms with van der Waals surface area (Å²) in [5.41, 5.74) is 5.76. The minimum absolute atomic E-state index is 0.0105. The van der Waals surface area contributed by atoms with Crippen molar-refractivity contribution in [3.05, 3.63) is 102 Å². The van der Waals surface area contributed by atoms with Crippen molar-refractivity contribution in [2.45, 2.75) is 25.4 Å². The topological polar surface area (TPSA) is 69.6 Å². The molecule has 2 amide bonds. The molecule has 1 atom stereocenters. The third kappa shape index (κ3) is 3.52. The van der Waals surface area contributed by atoms with E-state index in [1.165, 1.54) is 22.8 Å². The fourth-order valence-electron chi connectivity index (χ4n) is 5.16. The number of H-pyrrole nitrogens is 1. The van der Waals surface area contributed by atoms with Crippen molar-refractivity contribution < 1.29 is 14.0 Å². The lowest BCUT2D eigenvalue weighted by Gasteiger charge is -2.39. The predicted octanol–water partition coefficient (Wildman–Crippen LogP) is 4.64. The molecule has 2 aromatic heterocycles. The number of nitrogens with zero attached hydrogens (tertiary/aromatic N) is 2. The van der Waals surface area contributed by atoms with Crippen LogP contribution in [0.3, 0.4) is 0 Å². The smallest absolute Gasteiger partial charge is 0.290 e. The first-order chi connectivity index (χ1) is 16.7. The molecule has 6 rings (SSSR count). The van der Waals surface area contributed by atoms with Crippen LogP contribution < -0.4 is 0 Å². The highest BCUT2D eigenvalue weighted by Crippen LogP contribution is 2.31. The van der Waals surface area contributed by atoms with Gasteiger partial charge in [-0.2, -0.15) is 0 Å². The summed E-state index contributed by atoms with van der Waals surface area (Å²) < 4.78 is 5.37. The molecule has 6 nitrogen and oxygen atoms in total. The standard InChI is InChI=1S/C28H25N3O3/c32-27(30-13-11-19(12-14-30)23-17-29-24-9-4-3-8-22(23)24)25-16-20-6-1-2-7-21(20)18-31(25)28(33)26-10-5-15-34-26/h1-11,15,17,25,29H,12-14,16,18H2. The van der Waals surface area contributed by atoms with E-state index in [1.807, 2.05) is 35.2 Å². The molecule has 2 aliphatic rings. The Morgan fingerprint density at radius 1 is 0.971 bits per heavy atom. The fourth-order valence-corrected chi connectivity index (χ4v) is 5.16. The lowest BCUT2D eigenvalue weighted by Crippen LogP contribution is -2.54. The average molecular weight is 452 g/mol. The van der Waals surface area contributed by atoms with Crippen molar-refractivity contribution in [1.82, 2.24) is 14.8 Å². The number of rotatable bonds is 3. The molecule has 2 aliphatic heterocycles. The van der Waals surface area contributed by atoms with Crippen LogP contribution in [-0.2, 0) is 17.8 Å². The molecule has 4 heterocycles. The Kier molecular flexibility index (Phi) is 5.06. The number of benzene rings is 2. The van der Waals surface area contributed by atoms with Crippen LogP contribution in [0.2, 0.25) is 0 Å². The van der Waals surface area contributed by atoms with Gasteiger partial charge in [-0.05, 0) is 41.3 Å². The van der Waals surface area contributed by atoms with Crippen LogP contribution in [0.1, 0.15) is 33.7 Å². The number of para-hydroxylation sites is 1. The monoisotopic (exact) mass is 451 g/mol. The number of hydrogen-bond acceptors (Lipinski definition) is 3. The Morgan fingerprint density at radius 3 is 2.59 bits per heavy atom. The van der Waals surface area contributed by atoms with Crippen LogP contribution in [0.4, 0.5) is 0 Å². The summed E-state index contributed by atoms with van der Waals surface area (Å²) in [6, 6.07) is 19.1. The van der Waals surface area contributed by atoms with Crippen LogP contribution in [0.25, 0.3) is 16.5 Å². The summed E-state index contributed by atoms with van der Waals surface area (Å²) in [7, 11) is 0. The summed E-state index contributed by atoms with van der Waals surface area (Å²) >= 11 is 0. The first-order valence-corrected chi connectivity index (χ1v) is 11.6. The van der Waals surface area contributed by atoms with E-state index in [-0.39, 0.29) is 17.6 Å². The van der Waals surface area contributed by atoms with Gasteiger partial charge in [-0.3, -0.25) is 9.59 Å². The van der Waals surface area contributed by atoms with Gasteiger partial charge in [-0.15, -0.1) is 0 Å². The highest BCUT2D eigenvalue weighted by Gasteiger charge is 2.38. The molecule has 0 fully saturated rings. The molecule has 2 aromatic carbocycles. The molecule has 34 heavy (non-hydrogen) atoms. The van der Waals surface area contributed by atoms with E-state index in [0.717, 1.165) is 23.1 Å². The molecule has 0 saturated carbocycles. The molecule has 0 saturated heterocycles. The van der Waals surface area contributed by atoms with Gasteiger partial charge in [0.05, 0.1) is 6.26 Å². The van der Waals surface area contributed by atoms with E-state index in [9.17, 15) is 9.59 Å². The maximum Gasteiger partial charge on any atom is 0.290 e. The highest BCUT2D eigenvalue weighted by atomic mass is 16.3. The van der Waals surface area contributed by atoms with Gasteiger partial charge in [-0.25, -0.2) is 0 Å². The zero-order chi connectivity index (χ0) is 23.1. The van der Waals surface area contributed by atoms with E-state index < -0.39 is 6.04 Å². The number of aromatic nitrogens is 1. The molecular weight excluding hydrogens is 426 g/mol. The van der Waals surface area contributed by atoms with Gasteiger partial charge in [0.15, 0.2) is 5.76 Å². The summed E-state index contributed by atoms with van der Waals surface area (Å²) in [5.74, 6) is 0.00543.